The fourth-order valence-corrected chi connectivity index (χ4v) is 6.34. The van der Waals surface area contributed by atoms with Crippen LogP contribution in [0.15, 0.2) is 45.3 Å². The molecule has 2 rings (SSSR count). The summed E-state index contributed by atoms with van der Waals surface area (Å²) in [5.41, 5.74) is 3.44. The summed E-state index contributed by atoms with van der Waals surface area (Å²) in [6.45, 7) is 24.2. The molecular formula is C31H46Br2O2. The summed E-state index contributed by atoms with van der Waals surface area (Å²) in [5.74, 6) is 1.76. The van der Waals surface area contributed by atoms with Crippen molar-refractivity contribution in [3.63, 3.8) is 0 Å². The van der Waals surface area contributed by atoms with Crippen molar-refractivity contribution in [2.24, 2.45) is 10.8 Å². The second-order valence-electron chi connectivity index (χ2n) is 13.6. The molecule has 35 heavy (non-hydrogen) atoms. The van der Waals surface area contributed by atoms with Crippen LogP contribution in [0.5, 0.6) is 11.5 Å². The first-order chi connectivity index (χ1) is 15.9. The smallest absolute Gasteiger partial charge is 0.133 e. The van der Waals surface area contributed by atoms with Gasteiger partial charge in [-0.2, -0.15) is 0 Å². The number of hydrogen-bond donors (Lipinski definition) is 0. The van der Waals surface area contributed by atoms with Crippen LogP contribution >= 0.6 is 31.9 Å². The molecule has 0 aliphatic rings. The van der Waals surface area contributed by atoms with Gasteiger partial charge in [0, 0.05) is 6.42 Å². The monoisotopic (exact) mass is 608 g/mol. The van der Waals surface area contributed by atoms with Crippen LogP contribution in [0.2, 0.25) is 0 Å². The van der Waals surface area contributed by atoms with Gasteiger partial charge in [-0.1, -0.05) is 81.4 Å². The highest BCUT2D eigenvalue weighted by atomic mass is 79.9. The van der Waals surface area contributed by atoms with Crippen LogP contribution in [-0.4, -0.2) is 13.2 Å². The van der Waals surface area contributed by atoms with Crippen LogP contribution in [0.25, 0.3) is 0 Å². The third-order valence-electron chi connectivity index (χ3n) is 6.18. The Hall–Kier alpha value is -1.000. The highest BCUT2D eigenvalue weighted by molar-refractivity contribution is 9.10. The molecule has 0 radical (unpaired) electrons. The Bertz CT molecular complexity index is 899. The van der Waals surface area contributed by atoms with Gasteiger partial charge in [0.1, 0.15) is 11.5 Å². The molecule has 0 N–H and O–H groups in total. The molecule has 2 aromatic carbocycles. The van der Waals surface area contributed by atoms with Gasteiger partial charge >= 0.3 is 0 Å². The third kappa shape index (κ3) is 9.76. The molecule has 0 saturated heterocycles. The van der Waals surface area contributed by atoms with Gasteiger partial charge in [-0.3, -0.25) is 0 Å². The van der Waals surface area contributed by atoms with Gasteiger partial charge in [0.2, 0.25) is 0 Å². The molecule has 0 unspecified atom stereocenters. The highest BCUT2D eigenvalue weighted by Crippen LogP contribution is 2.40. The largest absolute Gasteiger partial charge is 0.492 e. The van der Waals surface area contributed by atoms with E-state index in [1.54, 1.807) is 0 Å². The summed E-state index contributed by atoms with van der Waals surface area (Å²) in [5, 5.41) is 0. The molecule has 0 aromatic heterocycles. The third-order valence-corrected chi connectivity index (χ3v) is 7.41. The van der Waals surface area contributed by atoms with Crippen LogP contribution in [0.3, 0.4) is 0 Å². The van der Waals surface area contributed by atoms with Crippen LogP contribution in [0.4, 0.5) is 0 Å². The fraction of sp³-hybridized carbons (Fsp3) is 0.613. The van der Waals surface area contributed by atoms with E-state index in [1.807, 2.05) is 0 Å². The number of ether oxygens (including phenoxy) is 2. The van der Waals surface area contributed by atoms with E-state index in [1.165, 1.54) is 11.1 Å². The van der Waals surface area contributed by atoms with Crippen LogP contribution < -0.4 is 9.47 Å². The molecule has 0 saturated carbocycles. The van der Waals surface area contributed by atoms with Crippen molar-refractivity contribution in [3.8, 4) is 11.5 Å². The van der Waals surface area contributed by atoms with Crippen molar-refractivity contribution in [1.82, 2.24) is 0 Å². The Kier molecular flexibility index (Phi) is 10.0. The molecule has 0 aliphatic heterocycles. The average Bonchev–Trinajstić information content (AvgIpc) is 2.66. The molecule has 0 heterocycles. The molecule has 0 spiro atoms. The van der Waals surface area contributed by atoms with Gasteiger partial charge in [0.05, 0.1) is 22.2 Å². The minimum atomic E-state index is 0.109. The van der Waals surface area contributed by atoms with E-state index in [2.05, 4.69) is 137 Å². The predicted octanol–water partition coefficient (Wildman–Crippen LogP) is 10.5. The van der Waals surface area contributed by atoms with Crippen molar-refractivity contribution in [1.29, 1.82) is 0 Å². The van der Waals surface area contributed by atoms with E-state index in [0.717, 1.165) is 39.7 Å². The van der Waals surface area contributed by atoms with Gasteiger partial charge in [-0.15, -0.1) is 0 Å². The van der Waals surface area contributed by atoms with Gasteiger partial charge in [0.25, 0.3) is 0 Å². The van der Waals surface area contributed by atoms with Gasteiger partial charge < -0.3 is 9.47 Å². The van der Waals surface area contributed by atoms with E-state index in [4.69, 9.17) is 9.47 Å². The SMILES string of the molecule is CC(C)(C)CC(C)(C)c1ccc(OCCCOc2ccc(C(C)(C)CC(C)(C)C)cc2Br)c(Br)c1. The van der Waals surface area contributed by atoms with Crippen molar-refractivity contribution in [2.75, 3.05) is 13.2 Å². The van der Waals surface area contributed by atoms with E-state index in [0.29, 0.717) is 13.2 Å². The lowest BCUT2D eigenvalue weighted by atomic mass is 9.72. The minimum Gasteiger partial charge on any atom is -0.492 e. The summed E-state index contributed by atoms with van der Waals surface area (Å²) < 4.78 is 14.1. The normalized spacial score (nSPS) is 13.1. The Morgan fingerprint density at radius 2 is 0.914 bits per heavy atom. The Balaban J connectivity index is 1.89. The zero-order valence-electron chi connectivity index (χ0n) is 23.6. The minimum absolute atomic E-state index is 0.109. The molecule has 0 amide bonds. The quantitative estimate of drug-likeness (QED) is 0.249. The zero-order valence-corrected chi connectivity index (χ0v) is 26.7. The number of halogens is 2. The molecule has 0 aliphatic carbocycles. The first-order valence-electron chi connectivity index (χ1n) is 12.8. The maximum Gasteiger partial charge on any atom is 0.133 e. The van der Waals surface area contributed by atoms with Crippen molar-refractivity contribution in [3.05, 3.63) is 56.5 Å². The van der Waals surface area contributed by atoms with Gasteiger partial charge in [0.15, 0.2) is 0 Å². The van der Waals surface area contributed by atoms with E-state index in [-0.39, 0.29) is 21.7 Å². The molecule has 2 aromatic rings. The lowest BCUT2D eigenvalue weighted by Gasteiger charge is -2.33. The summed E-state index contributed by atoms with van der Waals surface area (Å²) in [4.78, 5) is 0. The van der Waals surface area contributed by atoms with Crippen molar-refractivity contribution < 1.29 is 9.47 Å². The summed E-state index contributed by atoms with van der Waals surface area (Å²) >= 11 is 7.43. The second kappa shape index (κ2) is 11.6. The molecule has 4 heteroatoms. The van der Waals surface area contributed by atoms with Crippen molar-refractivity contribution in [2.45, 2.75) is 99.3 Å². The number of rotatable bonds is 10. The summed E-state index contributed by atoms with van der Waals surface area (Å²) in [6, 6.07) is 13.0. The topological polar surface area (TPSA) is 18.5 Å². The summed E-state index contributed by atoms with van der Waals surface area (Å²) in [6.07, 6.45) is 3.05. The molecule has 2 nitrogen and oxygen atoms in total. The second-order valence-corrected chi connectivity index (χ2v) is 15.3. The molecule has 196 valence electrons. The van der Waals surface area contributed by atoms with Gasteiger partial charge in [-0.05, 0) is 102 Å². The number of benzene rings is 2. The van der Waals surface area contributed by atoms with E-state index >= 15 is 0 Å². The Morgan fingerprint density at radius 1 is 0.571 bits per heavy atom. The molecule has 0 atom stereocenters. The van der Waals surface area contributed by atoms with E-state index in [9.17, 15) is 0 Å². The molecular weight excluding hydrogens is 564 g/mol. The fourth-order valence-electron chi connectivity index (χ4n) is 5.36. The zero-order chi connectivity index (χ0) is 26.7. The van der Waals surface area contributed by atoms with Crippen LogP contribution in [0, 0.1) is 10.8 Å². The molecule has 0 fully saturated rings. The van der Waals surface area contributed by atoms with Gasteiger partial charge in [-0.25, -0.2) is 0 Å². The average molecular weight is 611 g/mol. The Labute approximate surface area is 231 Å². The first kappa shape index (κ1) is 30.2. The van der Waals surface area contributed by atoms with Crippen molar-refractivity contribution >= 4 is 31.9 Å². The maximum absolute atomic E-state index is 6.05. The lowest BCUT2D eigenvalue weighted by molar-refractivity contribution is 0.245. The van der Waals surface area contributed by atoms with Crippen LogP contribution in [-0.2, 0) is 10.8 Å². The lowest BCUT2D eigenvalue weighted by Crippen LogP contribution is -2.24. The highest BCUT2D eigenvalue weighted by Gasteiger charge is 2.29. The maximum atomic E-state index is 6.05. The number of hydrogen-bond acceptors (Lipinski definition) is 2. The predicted molar refractivity (Wildman–Crippen MR) is 158 cm³/mol. The van der Waals surface area contributed by atoms with E-state index < -0.39 is 0 Å². The Morgan fingerprint density at radius 3 is 1.20 bits per heavy atom. The molecule has 0 bridgehead atoms. The standard InChI is InChI=1S/C31H46Br2O2/c1-28(2,3)20-30(7,8)22-12-14-26(24(32)18-22)34-16-11-17-35-27-15-13-23(19-25(27)33)31(9,10)21-29(4,5)6/h12-15,18-19H,11,16-17,20-21H2,1-10H3. The summed E-state index contributed by atoms with van der Waals surface area (Å²) in [7, 11) is 0. The van der Waals surface area contributed by atoms with Crippen LogP contribution in [0.1, 0.15) is 99.6 Å². The first-order valence-corrected chi connectivity index (χ1v) is 14.3.